The van der Waals surface area contributed by atoms with Crippen LogP contribution in [0.2, 0.25) is 0 Å². The number of aromatic nitrogens is 2. The summed E-state index contributed by atoms with van der Waals surface area (Å²) in [5.41, 5.74) is 1.21. The third-order valence-electron chi connectivity index (χ3n) is 6.65. The van der Waals surface area contributed by atoms with Gasteiger partial charge in [0.05, 0.1) is 42.7 Å². The highest BCUT2D eigenvalue weighted by Gasteiger charge is 2.41. The number of likely N-dealkylation sites (tertiary alicyclic amines) is 1. The van der Waals surface area contributed by atoms with E-state index in [4.69, 9.17) is 18.9 Å². The van der Waals surface area contributed by atoms with Crippen molar-refractivity contribution in [2.24, 2.45) is 4.99 Å². The van der Waals surface area contributed by atoms with Gasteiger partial charge < -0.3 is 24.5 Å². The number of nitrogens with zero attached hydrogens (tertiary/aromatic N) is 3. The highest BCUT2D eigenvalue weighted by molar-refractivity contribution is 6.09. The predicted molar refractivity (Wildman–Crippen MR) is 118 cm³/mol. The van der Waals surface area contributed by atoms with Crippen molar-refractivity contribution in [3.05, 3.63) is 35.5 Å². The molecule has 0 spiro atoms. The molecule has 3 unspecified atom stereocenters. The second kappa shape index (κ2) is 9.05. The number of amides is 1. The van der Waals surface area contributed by atoms with Crippen LogP contribution in [0.1, 0.15) is 47.7 Å². The molecule has 2 aromatic rings. The molecule has 0 aromatic carbocycles. The SMILES string of the molecule is COC1CC2N=C(c3[nH]ncc3NC(=O)c3ccc(CN4CCCC4)o3)NC2C[C@@H]1OC. The number of methoxy groups -OCH3 is 2. The molecule has 3 N–H and O–H groups in total. The van der Waals surface area contributed by atoms with E-state index in [1.807, 2.05) is 6.07 Å². The second-order valence-electron chi connectivity index (χ2n) is 8.68. The summed E-state index contributed by atoms with van der Waals surface area (Å²) in [7, 11) is 3.42. The van der Waals surface area contributed by atoms with Crippen LogP contribution in [-0.2, 0) is 16.0 Å². The number of ether oxygens (including phenoxy) is 2. The fraction of sp³-hybridized carbons (Fsp3) is 0.591. The average Bonchev–Trinajstić information content (AvgIpc) is 3.59. The molecule has 2 aliphatic heterocycles. The van der Waals surface area contributed by atoms with Crippen molar-refractivity contribution in [3.8, 4) is 0 Å². The van der Waals surface area contributed by atoms with E-state index >= 15 is 0 Å². The number of aliphatic imine (C=N–C) groups is 1. The van der Waals surface area contributed by atoms with Crippen molar-refractivity contribution in [2.75, 3.05) is 32.6 Å². The van der Waals surface area contributed by atoms with Gasteiger partial charge in [0.15, 0.2) is 5.76 Å². The lowest BCUT2D eigenvalue weighted by Gasteiger charge is -2.35. The number of rotatable bonds is 7. The highest BCUT2D eigenvalue weighted by Crippen LogP contribution is 2.30. The lowest BCUT2D eigenvalue weighted by atomic mass is 9.87. The third kappa shape index (κ3) is 4.17. The molecule has 4 heterocycles. The summed E-state index contributed by atoms with van der Waals surface area (Å²) in [6.45, 7) is 2.89. The summed E-state index contributed by atoms with van der Waals surface area (Å²) >= 11 is 0. The minimum absolute atomic E-state index is 0.0146. The Morgan fingerprint density at radius 1 is 1.22 bits per heavy atom. The van der Waals surface area contributed by atoms with Crippen molar-refractivity contribution >= 4 is 17.4 Å². The maximum atomic E-state index is 12.8. The van der Waals surface area contributed by atoms with Crippen LogP contribution in [0.5, 0.6) is 0 Å². The van der Waals surface area contributed by atoms with Gasteiger partial charge in [-0.15, -0.1) is 0 Å². The zero-order chi connectivity index (χ0) is 22.1. The fourth-order valence-corrected chi connectivity index (χ4v) is 4.91. The molecule has 5 rings (SSSR count). The normalized spacial score (nSPS) is 27.8. The first-order chi connectivity index (χ1) is 15.6. The number of nitrogens with one attached hydrogen (secondary N) is 3. The zero-order valence-electron chi connectivity index (χ0n) is 18.5. The van der Waals surface area contributed by atoms with E-state index in [2.05, 4.69) is 25.7 Å². The summed E-state index contributed by atoms with van der Waals surface area (Å²) in [4.78, 5) is 20.0. The van der Waals surface area contributed by atoms with Crippen LogP contribution in [0.3, 0.4) is 0 Å². The van der Waals surface area contributed by atoms with Gasteiger partial charge in [0.1, 0.15) is 17.3 Å². The molecule has 172 valence electrons. The maximum absolute atomic E-state index is 12.8. The lowest BCUT2D eigenvalue weighted by Crippen LogP contribution is -2.49. The van der Waals surface area contributed by atoms with Crippen molar-refractivity contribution < 1.29 is 18.7 Å². The minimum atomic E-state index is -0.310. The van der Waals surface area contributed by atoms with E-state index in [0.717, 1.165) is 38.2 Å². The van der Waals surface area contributed by atoms with Gasteiger partial charge in [0, 0.05) is 20.6 Å². The Balaban J connectivity index is 1.25. The molecule has 0 bridgehead atoms. The zero-order valence-corrected chi connectivity index (χ0v) is 18.5. The topological polar surface area (TPSA) is 117 Å². The van der Waals surface area contributed by atoms with Crippen LogP contribution in [0.25, 0.3) is 0 Å². The molecule has 2 aromatic heterocycles. The van der Waals surface area contributed by atoms with Gasteiger partial charge >= 0.3 is 0 Å². The van der Waals surface area contributed by atoms with Crippen molar-refractivity contribution in [1.29, 1.82) is 0 Å². The Kier molecular flexibility index (Phi) is 5.99. The lowest BCUT2D eigenvalue weighted by molar-refractivity contribution is -0.0659. The number of carbonyl (C=O) groups is 1. The number of H-pyrrole nitrogens is 1. The molecule has 0 radical (unpaired) electrons. The van der Waals surface area contributed by atoms with Crippen LogP contribution in [0, 0.1) is 0 Å². The van der Waals surface area contributed by atoms with E-state index in [9.17, 15) is 4.79 Å². The number of furan rings is 1. The van der Waals surface area contributed by atoms with Gasteiger partial charge in [0.2, 0.25) is 0 Å². The van der Waals surface area contributed by atoms with E-state index < -0.39 is 0 Å². The quantitative estimate of drug-likeness (QED) is 0.598. The van der Waals surface area contributed by atoms with Gasteiger partial charge in [-0.1, -0.05) is 0 Å². The van der Waals surface area contributed by atoms with E-state index in [-0.39, 0.29) is 36.0 Å². The van der Waals surface area contributed by atoms with Crippen LogP contribution >= 0.6 is 0 Å². The number of aromatic amines is 1. The first-order valence-electron chi connectivity index (χ1n) is 11.2. The smallest absolute Gasteiger partial charge is 0.291 e. The Bertz CT molecular complexity index is 979. The van der Waals surface area contributed by atoms with Gasteiger partial charge in [0.25, 0.3) is 5.91 Å². The summed E-state index contributed by atoms with van der Waals surface area (Å²) < 4.78 is 17.0. The Morgan fingerprint density at radius 2 is 2.00 bits per heavy atom. The number of hydrogen-bond acceptors (Lipinski definition) is 8. The Hall–Kier alpha value is -2.69. The second-order valence-corrected chi connectivity index (χ2v) is 8.68. The molecule has 1 saturated heterocycles. The monoisotopic (exact) mass is 442 g/mol. The first-order valence-corrected chi connectivity index (χ1v) is 11.2. The van der Waals surface area contributed by atoms with E-state index in [1.165, 1.54) is 12.8 Å². The average molecular weight is 443 g/mol. The van der Waals surface area contributed by atoms with Crippen molar-refractivity contribution in [1.82, 2.24) is 20.4 Å². The number of hydrogen-bond donors (Lipinski definition) is 3. The van der Waals surface area contributed by atoms with Crippen LogP contribution in [-0.4, -0.2) is 78.4 Å². The Labute approximate surface area is 186 Å². The first kappa shape index (κ1) is 21.2. The molecule has 32 heavy (non-hydrogen) atoms. The highest BCUT2D eigenvalue weighted by atomic mass is 16.5. The minimum Gasteiger partial charge on any atom is -0.455 e. The molecule has 3 aliphatic rings. The van der Waals surface area contributed by atoms with Crippen molar-refractivity contribution in [3.63, 3.8) is 0 Å². The molecule has 2 fully saturated rings. The summed E-state index contributed by atoms with van der Waals surface area (Å²) in [5.74, 6) is 1.46. The molecule has 10 heteroatoms. The van der Waals surface area contributed by atoms with E-state index in [0.29, 0.717) is 17.2 Å². The summed E-state index contributed by atoms with van der Waals surface area (Å²) in [6.07, 6.45) is 5.64. The van der Waals surface area contributed by atoms with Crippen LogP contribution < -0.4 is 10.6 Å². The summed E-state index contributed by atoms with van der Waals surface area (Å²) in [5, 5.41) is 13.4. The van der Waals surface area contributed by atoms with E-state index in [1.54, 1.807) is 26.5 Å². The largest absolute Gasteiger partial charge is 0.455 e. The third-order valence-corrected chi connectivity index (χ3v) is 6.65. The molecule has 1 aliphatic carbocycles. The Morgan fingerprint density at radius 3 is 2.78 bits per heavy atom. The number of carbonyl (C=O) groups excluding carboxylic acids is 1. The number of anilines is 1. The number of fused-ring (bicyclic) bond motifs is 1. The van der Waals surface area contributed by atoms with Crippen molar-refractivity contribution in [2.45, 2.75) is 56.5 Å². The molecule has 10 nitrogen and oxygen atoms in total. The molecular weight excluding hydrogens is 412 g/mol. The molecule has 1 saturated carbocycles. The van der Waals surface area contributed by atoms with Gasteiger partial charge in [-0.3, -0.25) is 19.8 Å². The maximum Gasteiger partial charge on any atom is 0.291 e. The predicted octanol–water partition coefficient (Wildman–Crippen LogP) is 1.76. The van der Waals surface area contributed by atoms with Gasteiger partial charge in [-0.2, -0.15) is 5.10 Å². The van der Waals surface area contributed by atoms with Crippen LogP contribution in [0.15, 0.2) is 27.7 Å². The molecular formula is C22H30N6O4. The summed E-state index contributed by atoms with van der Waals surface area (Å²) in [6, 6.07) is 3.84. The fourth-order valence-electron chi connectivity index (χ4n) is 4.91. The number of amidine groups is 1. The molecule has 1 amide bonds. The standard InChI is InChI=1S/C22H30N6O4/c1-30-18-9-14-15(10-19(18)31-2)25-21(24-14)20-16(11-23-27-20)26-22(29)17-6-5-13(32-17)12-28-7-3-4-8-28/h5-6,11,14-15,18-19H,3-4,7-10,12H2,1-2H3,(H,23,27)(H,24,25)(H,26,29)/t14?,15?,18-,19?/m0/s1. The van der Waals surface area contributed by atoms with Gasteiger partial charge in [-0.05, 0) is 44.5 Å². The van der Waals surface area contributed by atoms with Gasteiger partial charge in [-0.25, -0.2) is 0 Å². The molecule has 4 atom stereocenters. The van der Waals surface area contributed by atoms with Crippen LogP contribution in [0.4, 0.5) is 5.69 Å².